The van der Waals surface area contributed by atoms with Crippen LogP contribution in [0.2, 0.25) is 0 Å². The van der Waals surface area contributed by atoms with E-state index in [0.717, 1.165) is 13.0 Å². The number of hydrogen-bond donors (Lipinski definition) is 0. The molecule has 5 heteroatoms. The summed E-state index contributed by atoms with van der Waals surface area (Å²) in [6, 6.07) is 2.25. The summed E-state index contributed by atoms with van der Waals surface area (Å²) in [5.41, 5.74) is 1.90. The number of aromatic nitrogens is 3. The van der Waals surface area contributed by atoms with Gasteiger partial charge >= 0.3 is 0 Å². The van der Waals surface area contributed by atoms with Crippen molar-refractivity contribution >= 4 is 17.1 Å². The van der Waals surface area contributed by atoms with E-state index in [-0.39, 0.29) is 5.91 Å². The number of pyridine rings is 1. The maximum Gasteiger partial charge on any atom is 0.255 e. The number of hydrogen-bond acceptors (Lipinski definition) is 4. The van der Waals surface area contributed by atoms with Crippen molar-refractivity contribution in [2.45, 2.75) is 38.1 Å². The Bertz CT molecular complexity index is 681. The molecule has 108 valence electrons. The van der Waals surface area contributed by atoms with Crippen LogP contribution in [-0.4, -0.2) is 38.3 Å². The van der Waals surface area contributed by atoms with Crippen LogP contribution in [0.5, 0.6) is 0 Å². The summed E-state index contributed by atoms with van der Waals surface area (Å²) in [7, 11) is 0. The lowest BCUT2D eigenvalue weighted by Crippen LogP contribution is -2.54. The lowest BCUT2D eigenvalue weighted by Gasteiger charge is -2.44. The molecule has 0 aromatic carbocycles. The largest absolute Gasteiger partial charge is 0.335 e. The van der Waals surface area contributed by atoms with Gasteiger partial charge in [0.25, 0.3) is 5.91 Å². The predicted molar refractivity (Wildman–Crippen MR) is 78.7 cm³/mol. The quantitative estimate of drug-likeness (QED) is 0.849. The van der Waals surface area contributed by atoms with E-state index >= 15 is 0 Å². The van der Waals surface area contributed by atoms with Crippen molar-refractivity contribution in [3.63, 3.8) is 0 Å². The Morgan fingerprint density at radius 1 is 1.10 bits per heavy atom. The monoisotopic (exact) mass is 282 g/mol. The van der Waals surface area contributed by atoms with Crippen molar-refractivity contribution in [1.82, 2.24) is 19.9 Å². The summed E-state index contributed by atoms with van der Waals surface area (Å²) in [6.45, 7) is 0.874. The highest BCUT2D eigenvalue weighted by Crippen LogP contribution is 2.36. The molecule has 2 aromatic heterocycles. The Hall–Kier alpha value is -2.04. The van der Waals surface area contributed by atoms with Crippen molar-refractivity contribution in [2.75, 3.05) is 6.54 Å². The average Bonchev–Trinajstić information content (AvgIpc) is 2.99. The van der Waals surface area contributed by atoms with Crippen molar-refractivity contribution in [2.24, 2.45) is 5.92 Å². The van der Waals surface area contributed by atoms with E-state index in [4.69, 9.17) is 0 Å². The third kappa shape index (κ3) is 2.17. The van der Waals surface area contributed by atoms with Crippen LogP contribution in [-0.2, 0) is 0 Å². The molecular weight excluding hydrogens is 264 g/mol. The molecule has 1 saturated heterocycles. The van der Waals surface area contributed by atoms with E-state index in [0.29, 0.717) is 28.7 Å². The first-order valence-electron chi connectivity index (χ1n) is 7.71. The Balaban J connectivity index is 1.58. The topological polar surface area (TPSA) is 59.0 Å². The molecule has 2 aromatic rings. The first-order valence-corrected chi connectivity index (χ1v) is 7.71. The van der Waals surface area contributed by atoms with Gasteiger partial charge in [-0.1, -0.05) is 12.8 Å². The highest BCUT2D eigenvalue weighted by Gasteiger charge is 2.39. The Kier molecular flexibility index (Phi) is 3.05. The highest BCUT2D eigenvalue weighted by molar-refractivity contribution is 5.96. The predicted octanol–water partition coefficient (Wildman–Crippen LogP) is 2.43. The van der Waals surface area contributed by atoms with Crippen LogP contribution in [0.1, 0.15) is 42.5 Å². The number of carbonyl (C=O) groups excluding carboxylic acids is 1. The number of rotatable bonds is 2. The van der Waals surface area contributed by atoms with Gasteiger partial charge in [0.2, 0.25) is 0 Å². The second kappa shape index (κ2) is 5.06. The van der Waals surface area contributed by atoms with Crippen LogP contribution in [0.3, 0.4) is 0 Å². The molecule has 1 atom stereocenters. The van der Waals surface area contributed by atoms with Gasteiger partial charge < -0.3 is 4.90 Å². The number of carbonyl (C=O) groups is 1. The smallest absolute Gasteiger partial charge is 0.255 e. The minimum Gasteiger partial charge on any atom is -0.335 e. The molecule has 0 radical (unpaired) electrons. The van der Waals surface area contributed by atoms with E-state index in [1.54, 1.807) is 18.6 Å². The molecule has 0 spiro atoms. The summed E-state index contributed by atoms with van der Waals surface area (Å²) in [6.07, 6.45) is 11.2. The summed E-state index contributed by atoms with van der Waals surface area (Å²) in [5, 5.41) is 0. The Morgan fingerprint density at radius 3 is 2.67 bits per heavy atom. The standard InChI is InChI=1S/C16H18N4O/c21-16(20-8-5-14(20)11-3-1-2-4-11)12-9-13-15(19-10-12)18-7-6-17-13/h6-7,9-11,14H,1-5,8H2. The lowest BCUT2D eigenvalue weighted by atomic mass is 9.87. The number of likely N-dealkylation sites (tertiary alicyclic amines) is 1. The molecule has 21 heavy (non-hydrogen) atoms. The zero-order valence-corrected chi connectivity index (χ0v) is 11.9. The van der Waals surface area contributed by atoms with E-state index in [9.17, 15) is 4.79 Å². The van der Waals surface area contributed by atoms with E-state index in [1.807, 2.05) is 11.0 Å². The van der Waals surface area contributed by atoms with Gasteiger partial charge in [-0.05, 0) is 31.2 Å². The molecule has 1 saturated carbocycles. The highest BCUT2D eigenvalue weighted by atomic mass is 16.2. The van der Waals surface area contributed by atoms with Gasteiger partial charge in [0.15, 0.2) is 5.65 Å². The molecule has 2 aliphatic rings. The number of fused-ring (bicyclic) bond motifs is 1. The van der Waals surface area contributed by atoms with Gasteiger partial charge in [0, 0.05) is 31.2 Å². The molecule has 1 unspecified atom stereocenters. The third-order valence-corrected chi connectivity index (χ3v) is 4.84. The van der Waals surface area contributed by atoms with Crippen molar-refractivity contribution in [3.8, 4) is 0 Å². The second-order valence-corrected chi connectivity index (χ2v) is 6.02. The fourth-order valence-corrected chi connectivity index (χ4v) is 3.63. The van der Waals surface area contributed by atoms with Crippen molar-refractivity contribution < 1.29 is 4.79 Å². The Morgan fingerprint density at radius 2 is 1.90 bits per heavy atom. The maximum atomic E-state index is 12.7. The van der Waals surface area contributed by atoms with Crippen LogP contribution in [0.25, 0.3) is 11.2 Å². The zero-order chi connectivity index (χ0) is 14.2. The van der Waals surface area contributed by atoms with Gasteiger partial charge in [-0.2, -0.15) is 0 Å². The molecule has 0 N–H and O–H groups in total. The van der Waals surface area contributed by atoms with Gasteiger partial charge in [0.1, 0.15) is 5.52 Å². The summed E-state index contributed by atoms with van der Waals surface area (Å²) >= 11 is 0. The summed E-state index contributed by atoms with van der Waals surface area (Å²) < 4.78 is 0. The molecule has 2 fully saturated rings. The van der Waals surface area contributed by atoms with Gasteiger partial charge in [-0.15, -0.1) is 0 Å². The number of nitrogens with zero attached hydrogens (tertiary/aromatic N) is 4. The molecule has 1 aliphatic carbocycles. The average molecular weight is 282 g/mol. The Labute approximate surface area is 123 Å². The van der Waals surface area contributed by atoms with Crippen LogP contribution < -0.4 is 0 Å². The fraction of sp³-hybridized carbons (Fsp3) is 0.500. The number of amides is 1. The van der Waals surface area contributed by atoms with Gasteiger partial charge in [0.05, 0.1) is 5.56 Å². The van der Waals surface area contributed by atoms with E-state index in [2.05, 4.69) is 15.0 Å². The summed E-state index contributed by atoms with van der Waals surface area (Å²) in [4.78, 5) is 27.3. The summed E-state index contributed by atoms with van der Waals surface area (Å²) in [5.74, 6) is 0.800. The first-order chi connectivity index (χ1) is 10.3. The normalized spacial score (nSPS) is 22.5. The van der Waals surface area contributed by atoms with E-state index < -0.39 is 0 Å². The van der Waals surface area contributed by atoms with Crippen LogP contribution in [0, 0.1) is 5.92 Å². The lowest BCUT2D eigenvalue weighted by molar-refractivity contribution is 0.0308. The van der Waals surface area contributed by atoms with Crippen LogP contribution in [0.15, 0.2) is 24.7 Å². The minimum atomic E-state index is 0.0956. The SMILES string of the molecule is O=C(c1cnc2nccnc2c1)N1CCC1C1CCCC1. The van der Waals surface area contributed by atoms with E-state index in [1.165, 1.54) is 25.7 Å². The first kappa shape index (κ1) is 12.7. The van der Waals surface area contributed by atoms with Crippen molar-refractivity contribution in [3.05, 3.63) is 30.2 Å². The van der Waals surface area contributed by atoms with Gasteiger partial charge in [-0.25, -0.2) is 9.97 Å². The molecule has 1 amide bonds. The molecule has 0 bridgehead atoms. The zero-order valence-electron chi connectivity index (χ0n) is 11.9. The van der Waals surface area contributed by atoms with Crippen LogP contribution >= 0.6 is 0 Å². The molecule has 5 nitrogen and oxygen atoms in total. The molecule has 3 heterocycles. The fourth-order valence-electron chi connectivity index (χ4n) is 3.63. The maximum absolute atomic E-state index is 12.7. The second-order valence-electron chi connectivity index (χ2n) is 6.02. The third-order valence-electron chi connectivity index (χ3n) is 4.84. The molecule has 1 aliphatic heterocycles. The van der Waals surface area contributed by atoms with Crippen molar-refractivity contribution in [1.29, 1.82) is 0 Å². The van der Waals surface area contributed by atoms with Crippen LogP contribution in [0.4, 0.5) is 0 Å². The molecule has 4 rings (SSSR count). The molecular formula is C16H18N4O. The van der Waals surface area contributed by atoms with Gasteiger partial charge in [-0.3, -0.25) is 9.78 Å². The minimum absolute atomic E-state index is 0.0956.